The fourth-order valence-corrected chi connectivity index (χ4v) is 1.62. The van der Waals surface area contributed by atoms with E-state index in [4.69, 9.17) is 15.3 Å². The van der Waals surface area contributed by atoms with Crippen molar-refractivity contribution in [1.82, 2.24) is 14.9 Å². The van der Waals surface area contributed by atoms with Crippen LogP contribution in [0.2, 0.25) is 0 Å². The van der Waals surface area contributed by atoms with Gasteiger partial charge in [0.15, 0.2) is 17.3 Å². The van der Waals surface area contributed by atoms with Crippen LogP contribution in [0.25, 0.3) is 0 Å². The monoisotopic (exact) mass is 376 g/mol. The molecule has 0 saturated carbocycles. The first-order valence-corrected chi connectivity index (χ1v) is 6.34. The maximum absolute atomic E-state index is 11.1. The summed E-state index contributed by atoms with van der Waals surface area (Å²) in [5, 5.41) is 11.6. The highest BCUT2D eigenvalue weighted by atomic mass is 35.5. The maximum Gasteiger partial charge on any atom is 0.308 e. The number of benzene rings is 1. The number of carbonyl (C=O) groups is 1. The molecule has 9 nitrogen and oxygen atoms in total. The summed E-state index contributed by atoms with van der Waals surface area (Å²) in [6.45, 7) is 3.04. The summed E-state index contributed by atoms with van der Waals surface area (Å²) in [4.78, 5) is 11.1. The number of halogens is 2. The molecule has 0 bridgehead atoms. The van der Waals surface area contributed by atoms with E-state index in [9.17, 15) is 4.79 Å². The van der Waals surface area contributed by atoms with Crippen LogP contribution in [-0.4, -0.2) is 34.2 Å². The number of nitrogens with zero attached hydrogens (tertiary/aromatic N) is 4. The summed E-state index contributed by atoms with van der Waals surface area (Å²) >= 11 is 0. The molecular formula is C13H18Cl2N6O3. The highest BCUT2D eigenvalue weighted by Crippen LogP contribution is 2.27. The van der Waals surface area contributed by atoms with Crippen molar-refractivity contribution in [3.8, 4) is 11.5 Å². The standard InChI is InChI=1S/C13H16N6O3.2ClH/c1-8-16-18-13(19(8)14)17-15-7-10-4-5-11(21-3)12(6-10)22-9(2)20;;/h4-7H,14H2,1-3H3,(H,17,18);2*1H/b15-7+;;. The second-order valence-corrected chi connectivity index (χ2v) is 4.31. The number of nitrogens with one attached hydrogen (secondary N) is 1. The summed E-state index contributed by atoms with van der Waals surface area (Å²) < 4.78 is 11.5. The van der Waals surface area contributed by atoms with Gasteiger partial charge in [0.25, 0.3) is 5.95 Å². The summed E-state index contributed by atoms with van der Waals surface area (Å²) in [6, 6.07) is 5.06. The van der Waals surface area contributed by atoms with Gasteiger partial charge >= 0.3 is 5.97 Å². The van der Waals surface area contributed by atoms with Crippen molar-refractivity contribution >= 4 is 42.9 Å². The molecule has 2 rings (SSSR count). The van der Waals surface area contributed by atoms with E-state index < -0.39 is 5.97 Å². The minimum Gasteiger partial charge on any atom is -0.493 e. The molecule has 1 heterocycles. The maximum atomic E-state index is 11.1. The Hall–Kier alpha value is -2.52. The van der Waals surface area contributed by atoms with Crippen LogP contribution in [0.1, 0.15) is 18.3 Å². The zero-order valence-corrected chi connectivity index (χ0v) is 14.8. The molecule has 0 aliphatic carbocycles. The lowest BCUT2D eigenvalue weighted by Gasteiger charge is -2.08. The number of hydrogen-bond donors (Lipinski definition) is 2. The average molecular weight is 377 g/mol. The van der Waals surface area contributed by atoms with Crippen molar-refractivity contribution in [2.75, 3.05) is 18.4 Å². The van der Waals surface area contributed by atoms with Crippen LogP contribution >= 0.6 is 24.8 Å². The number of methoxy groups -OCH3 is 1. The summed E-state index contributed by atoms with van der Waals surface area (Å²) in [6.07, 6.45) is 1.52. The van der Waals surface area contributed by atoms with Crippen molar-refractivity contribution in [3.05, 3.63) is 29.6 Å². The smallest absolute Gasteiger partial charge is 0.308 e. The summed E-state index contributed by atoms with van der Waals surface area (Å²) in [5.74, 6) is 6.88. The van der Waals surface area contributed by atoms with Crippen molar-refractivity contribution in [2.45, 2.75) is 13.8 Å². The number of aromatic nitrogens is 3. The topological polar surface area (TPSA) is 117 Å². The average Bonchev–Trinajstić information content (AvgIpc) is 2.79. The number of hydrazone groups is 1. The highest BCUT2D eigenvalue weighted by molar-refractivity contribution is 5.85. The van der Waals surface area contributed by atoms with E-state index in [1.165, 1.54) is 24.9 Å². The SMILES string of the molecule is COc1ccc(/C=N/Nc2nnc(C)n2N)cc1OC(C)=O.Cl.Cl. The van der Waals surface area contributed by atoms with Crippen molar-refractivity contribution in [1.29, 1.82) is 0 Å². The number of nitrogen functional groups attached to an aromatic ring is 1. The minimum atomic E-state index is -0.433. The first-order valence-electron chi connectivity index (χ1n) is 6.34. The lowest BCUT2D eigenvalue weighted by atomic mass is 10.2. The molecule has 0 fully saturated rings. The number of anilines is 1. The number of esters is 1. The predicted octanol–water partition coefficient (Wildman–Crippen LogP) is 1.52. The third-order valence-corrected chi connectivity index (χ3v) is 2.69. The molecule has 11 heteroatoms. The Balaban J connectivity index is 0.00000264. The lowest BCUT2D eigenvalue weighted by Crippen LogP contribution is -2.13. The molecule has 0 aliphatic rings. The second-order valence-electron chi connectivity index (χ2n) is 4.31. The van der Waals surface area contributed by atoms with E-state index in [1.54, 1.807) is 25.1 Å². The van der Waals surface area contributed by atoms with Gasteiger partial charge in [0.05, 0.1) is 13.3 Å². The molecule has 3 N–H and O–H groups in total. The molecule has 24 heavy (non-hydrogen) atoms. The van der Waals surface area contributed by atoms with Gasteiger partial charge in [-0.25, -0.2) is 10.1 Å². The van der Waals surface area contributed by atoms with E-state index in [1.807, 2.05) is 0 Å². The van der Waals surface area contributed by atoms with E-state index >= 15 is 0 Å². The zero-order valence-electron chi connectivity index (χ0n) is 13.2. The number of nitrogens with two attached hydrogens (primary N) is 1. The Morgan fingerprint density at radius 1 is 1.33 bits per heavy atom. The van der Waals surface area contributed by atoms with Crippen LogP contribution in [-0.2, 0) is 4.79 Å². The fourth-order valence-electron chi connectivity index (χ4n) is 1.62. The van der Waals surface area contributed by atoms with Gasteiger partial charge in [0.2, 0.25) is 0 Å². The quantitative estimate of drug-likeness (QED) is 0.267. The molecule has 0 aliphatic heterocycles. The molecule has 0 unspecified atom stereocenters. The Morgan fingerprint density at radius 3 is 2.58 bits per heavy atom. The Morgan fingerprint density at radius 2 is 2.04 bits per heavy atom. The Labute approximate surface area is 151 Å². The second kappa shape index (κ2) is 9.58. The third-order valence-electron chi connectivity index (χ3n) is 2.69. The fraction of sp³-hybridized carbons (Fsp3) is 0.231. The van der Waals surface area contributed by atoms with Gasteiger partial charge in [-0.1, -0.05) is 0 Å². The molecular weight excluding hydrogens is 359 g/mol. The largest absolute Gasteiger partial charge is 0.493 e. The molecule has 0 saturated heterocycles. The van der Waals surface area contributed by atoms with Gasteiger partial charge in [-0.3, -0.25) is 4.79 Å². The van der Waals surface area contributed by atoms with Gasteiger partial charge in [0.1, 0.15) is 0 Å². The van der Waals surface area contributed by atoms with Crippen LogP contribution in [0.15, 0.2) is 23.3 Å². The van der Waals surface area contributed by atoms with Crippen LogP contribution < -0.4 is 20.7 Å². The molecule has 0 amide bonds. The van der Waals surface area contributed by atoms with Crippen LogP contribution in [0.4, 0.5) is 5.95 Å². The first-order chi connectivity index (χ1) is 10.5. The molecule has 0 radical (unpaired) electrons. The molecule has 1 aromatic carbocycles. The number of hydrogen-bond acceptors (Lipinski definition) is 8. The summed E-state index contributed by atoms with van der Waals surface area (Å²) in [7, 11) is 1.49. The molecule has 0 spiro atoms. The van der Waals surface area contributed by atoms with E-state index in [-0.39, 0.29) is 24.8 Å². The van der Waals surface area contributed by atoms with Crippen molar-refractivity contribution in [3.63, 3.8) is 0 Å². The number of ether oxygens (including phenoxy) is 2. The van der Waals surface area contributed by atoms with E-state index in [0.717, 1.165) is 0 Å². The normalized spacial score (nSPS) is 9.79. The van der Waals surface area contributed by atoms with Crippen LogP contribution in [0.3, 0.4) is 0 Å². The van der Waals surface area contributed by atoms with Crippen LogP contribution in [0, 0.1) is 6.92 Å². The lowest BCUT2D eigenvalue weighted by molar-refractivity contribution is -0.132. The van der Waals surface area contributed by atoms with Gasteiger partial charge in [-0.2, -0.15) is 5.10 Å². The van der Waals surface area contributed by atoms with E-state index in [2.05, 4.69) is 20.7 Å². The molecule has 1 aromatic heterocycles. The molecule has 0 atom stereocenters. The van der Waals surface area contributed by atoms with Gasteiger partial charge < -0.3 is 15.3 Å². The first kappa shape index (κ1) is 21.5. The van der Waals surface area contributed by atoms with Crippen molar-refractivity contribution in [2.24, 2.45) is 5.10 Å². The number of rotatable bonds is 5. The number of aryl methyl sites for hydroxylation is 1. The highest BCUT2D eigenvalue weighted by Gasteiger charge is 2.07. The Kier molecular flexibility index (Phi) is 8.58. The summed E-state index contributed by atoms with van der Waals surface area (Å²) in [5.41, 5.74) is 3.36. The molecule has 132 valence electrons. The van der Waals surface area contributed by atoms with E-state index in [0.29, 0.717) is 28.8 Å². The predicted molar refractivity (Wildman–Crippen MR) is 94.9 cm³/mol. The molecule has 2 aromatic rings. The third kappa shape index (κ3) is 5.28. The van der Waals surface area contributed by atoms with Crippen molar-refractivity contribution < 1.29 is 14.3 Å². The van der Waals surface area contributed by atoms with Crippen LogP contribution in [0.5, 0.6) is 11.5 Å². The number of carbonyl (C=O) groups excluding carboxylic acids is 1. The van der Waals surface area contributed by atoms with Gasteiger partial charge in [-0.05, 0) is 30.7 Å². The van der Waals surface area contributed by atoms with Gasteiger partial charge in [-0.15, -0.1) is 35.0 Å². The zero-order chi connectivity index (χ0) is 16.1. The van der Waals surface area contributed by atoms with Gasteiger partial charge in [0, 0.05) is 6.92 Å². The minimum absolute atomic E-state index is 0. The Bertz CT molecular complexity index is 720.